The molecule has 0 bridgehead atoms. The fourth-order valence-corrected chi connectivity index (χ4v) is 4.93. The van der Waals surface area contributed by atoms with Crippen molar-refractivity contribution in [1.82, 2.24) is 9.21 Å². The number of nitrogens with two attached hydrogens (primary N) is 1. The van der Waals surface area contributed by atoms with Crippen LogP contribution < -0.4 is 10.5 Å². The number of rotatable bonds is 8. The van der Waals surface area contributed by atoms with Gasteiger partial charge in [0.15, 0.2) is 11.6 Å². The van der Waals surface area contributed by atoms with Crippen LogP contribution in [0.3, 0.4) is 0 Å². The topological polar surface area (TPSA) is 152 Å². The highest BCUT2D eigenvalue weighted by atomic mass is 32.2. The first-order chi connectivity index (χ1) is 16.7. The van der Waals surface area contributed by atoms with Crippen LogP contribution in [0.4, 0.5) is 9.18 Å². The molecule has 0 unspecified atom stereocenters. The highest BCUT2D eigenvalue weighted by molar-refractivity contribution is 7.89. The molecule has 0 saturated carbocycles. The van der Waals surface area contributed by atoms with Crippen molar-refractivity contribution in [3.63, 3.8) is 0 Å². The number of methoxy groups -OCH3 is 1. The maximum Gasteiger partial charge on any atom is 0.409 e. The van der Waals surface area contributed by atoms with Crippen molar-refractivity contribution in [2.75, 3.05) is 40.0 Å². The van der Waals surface area contributed by atoms with E-state index in [1.807, 2.05) is 6.07 Å². The first-order valence-corrected chi connectivity index (χ1v) is 11.8. The quantitative estimate of drug-likeness (QED) is 0.528. The van der Waals surface area contributed by atoms with E-state index < -0.39 is 38.8 Å². The molecule has 1 saturated heterocycles. The summed E-state index contributed by atoms with van der Waals surface area (Å²) in [5.74, 6) is -1.90. The lowest BCUT2D eigenvalue weighted by atomic mass is 10.2. The molecule has 1 aliphatic heterocycles. The number of amides is 2. The fraction of sp³-hybridized carbons (Fsp3) is 0.318. The number of sulfonamides is 1. The van der Waals surface area contributed by atoms with Crippen molar-refractivity contribution < 1.29 is 36.6 Å². The Hall–Kier alpha value is -3.73. The number of halogens is 1. The molecular formula is C22H23FN4O7S. The summed E-state index contributed by atoms with van der Waals surface area (Å²) in [5, 5.41) is 8.84. The number of nitrogens with zero attached hydrogens (tertiary/aromatic N) is 3. The van der Waals surface area contributed by atoms with Crippen LogP contribution in [-0.4, -0.2) is 75.6 Å². The van der Waals surface area contributed by atoms with Crippen LogP contribution in [0.2, 0.25) is 0 Å². The van der Waals surface area contributed by atoms with Crippen LogP contribution in [0.5, 0.6) is 11.5 Å². The number of carbonyl (C=O) groups excluding carboxylic acids is 2. The molecule has 0 spiro atoms. The van der Waals surface area contributed by atoms with E-state index in [-0.39, 0.29) is 44.3 Å². The van der Waals surface area contributed by atoms with Crippen molar-refractivity contribution in [2.24, 2.45) is 5.73 Å². The number of ether oxygens (including phenoxy) is 3. The van der Waals surface area contributed by atoms with Gasteiger partial charge in [-0.2, -0.15) is 9.57 Å². The Kier molecular flexibility index (Phi) is 8.23. The van der Waals surface area contributed by atoms with Gasteiger partial charge in [0.1, 0.15) is 18.4 Å². The monoisotopic (exact) mass is 506 g/mol. The van der Waals surface area contributed by atoms with Gasteiger partial charge in [-0.05, 0) is 42.5 Å². The second-order valence-electron chi connectivity index (χ2n) is 7.42. The van der Waals surface area contributed by atoms with E-state index in [0.29, 0.717) is 5.56 Å². The molecule has 35 heavy (non-hydrogen) atoms. The van der Waals surface area contributed by atoms with Gasteiger partial charge in [-0.25, -0.2) is 17.6 Å². The minimum absolute atomic E-state index is 0.00868. The lowest BCUT2D eigenvalue weighted by molar-refractivity contribution is -0.123. The van der Waals surface area contributed by atoms with Crippen LogP contribution in [-0.2, 0) is 24.3 Å². The van der Waals surface area contributed by atoms with Crippen molar-refractivity contribution in [3.05, 3.63) is 53.8 Å². The Morgan fingerprint density at radius 3 is 2.49 bits per heavy atom. The molecular weight excluding hydrogens is 483 g/mol. The molecule has 1 heterocycles. The molecule has 0 aromatic heterocycles. The Balaban J connectivity index is 1.77. The maximum absolute atomic E-state index is 14.7. The number of hydrogen-bond donors (Lipinski definition) is 1. The number of carbonyl (C=O) groups is 2. The van der Waals surface area contributed by atoms with E-state index in [2.05, 4.69) is 0 Å². The summed E-state index contributed by atoms with van der Waals surface area (Å²) >= 11 is 0. The molecule has 11 nitrogen and oxygen atoms in total. The molecule has 0 radical (unpaired) electrons. The fourth-order valence-electron chi connectivity index (χ4n) is 3.34. The minimum Gasteiger partial charge on any atom is -0.454 e. The summed E-state index contributed by atoms with van der Waals surface area (Å²) in [6, 6.07) is 9.55. The number of piperazine rings is 1. The lowest BCUT2D eigenvalue weighted by Crippen LogP contribution is -2.60. The van der Waals surface area contributed by atoms with Gasteiger partial charge in [-0.3, -0.25) is 4.79 Å². The summed E-state index contributed by atoms with van der Waals surface area (Å²) in [6.45, 7) is -0.457. The van der Waals surface area contributed by atoms with Gasteiger partial charge < -0.3 is 24.8 Å². The van der Waals surface area contributed by atoms with Gasteiger partial charge in [0.2, 0.25) is 15.9 Å². The van der Waals surface area contributed by atoms with Gasteiger partial charge in [-0.1, -0.05) is 0 Å². The number of primary amides is 1. The van der Waals surface area contributed by atoms with E-state index >= 15 is 0 Å². The second-order valence-corrected chi connectivity index (χ2v) is 9.31. The predicted molar refractivity (Wildman–Crippen MR) is 119 cm³/mol. The Morgan fingerprint density at radius 2 is 1.89 bits per heavy atom. The van der Waals surface area contributed by atoms with Crippen molar-refractivity contribution in [3.8, 4) is 17.6 Å². The van der Waals surface area contributed by atoms with E-state index in [1.165, 1.54) is 36.3 Å². The second kappa shape index (κ2) is 11.1. The average Bonchev–Trinajstić information content (AvgIpc) is 2.85. The van der Waals surface area contributed by atoms with E-state index in [9.17, 15) is 22.4 Å². The van der Waals surface area contributed by atoms with E-state index in [1.54, 1.807) is 0 Å². The smallest absolute Gasteiger partial charge is 0.409 e. The molecule has 186 valence electrons. The SMILES string of the molecule is COCCOC(=O)N1CCN(S(=O)(=O)c2ccc(Oc3ccc(C#N)cc3)c(F)c2)[C@@H](C(N)=O)C1. The zero-order valence-corrected chi connectivity index (χ0v) is 19.5. The van der Waals surface area contributed by atoms with Crippen LogP contribution in [0.1, 0.15) is 5.56 Å². The first-order valence-electron chi connectivity index (χ1n) is 10.4. The van der Waals surface area contributed by atoms with Crippen LogP contribution in [0, 0.1) is 17.1 Å². The van der Waals surface area contributed by atoms with Gasteiger partial charge in [0, 0.05) is 26.7 Å². The normalized spacial score (nSPS) is 16.4. The van der Waals surface area contributed by atoms with E-state index in [0.717, 1.165) is 22.5 Å². The number of benzene rings is 2. The molecule has 2 N–H and O–H groups in total. The maximum atomic E-state index is 14.7. The Morgan fingerprint density at radius 1 is 1.17 bits per heavy atom. The molecule has 1 atom stereocenters. The lowest BCUT2D eigenvalue weighted by Gasteiger charge is -2.38. The van der Waals surface area contributed by atoms with Crippen molar-refractivity contribution >= 4 is 22.0 Å². The van der Waals surface area contributed by atoms with Gasteiger partial charge in [0.05, 0.1) is 23.1 Å². The zero-order chi connectivity index (χ0) is 25.6. The number of hydrogen-bond acceptors (Lipinski definition) is 8. The van der Waals surface area contributed by atoms with Gasteiger partial charge >= 0.3 is 6.09 Å². The van der Waals surface area contributed by atoms with Gasteiger partial charge in [-0.15, -0.1) is 0 Å². The molecule has 0 aliphatic carbocycles. The summed E-state index contributed by atoms with van der Waals surface area (Å²) < 4.78 is 57.2. The molecule has 1 aliphatic rings. The van der Waals surface area contributed by atoms with Crippen LogP contribution >= 0.6 is 0 Å². The number of nitriles is 1. The van der Waals surface area contributed by atoms with Crippen molar-refractivity contribution in [2.45, 2.75) is 10.9 Å². The van der Waals surface area contributed by atoms with E-state index in [4.69, 9.17) is 25.2 Å². The third kappa shape index (κ3) is 6.04. The van der Waals surface area contributed by atoms with Crippen molar-refractivity contribution in [1.29, 1.82) is 5.26 Å². The molecule has 2 amide bonds. The summed E-state index contributed by atoms with van der Waals surface area (Å²) in [7, 11) is -2.91. The average molecular weight is 507 g/mol. The molecule has 3 rings (SSSR count). The first kappa shape index (κ1) is 25.9. The predicted octanol–water partition coefficient (Wildman–Crippen LogP) is 1.43. The summed E-state index contributed by atoms with van der Waals surface area (Å²) in [6.07, 6.45) is -0.735. The Bertz CT molecular complexity index is 1230. The largest absolute Gasteiger partial charge is 0.454 e. The van der Waals surface area contributed by atoms with Gasteiger partial charge in [0.25, 0.3) is 0 Å². The third-order valence-corrected chi connectivity index (χ3v) is 7.06. The van der Waals surface area contributed by atoms with Crippen LogP contribution in [0.15, 0.2) is 47.4 Å². The molecule has 1 fully saturated rings. The minimum atomic E-state index is -4.35. The third-order valence-electron chi connectivity index (χ3n) is 5.15. The Labute approximate surface area is 201 Å². The van der Waals surface area contributed by atoms with Crippen LogP contribution in [0.25, 0.3) is 0 Å². The molecule has 13 heteroatoms. The standard InChI is InChI=1S/C22H23FN4O7S/c1-32-10-11-33-22(29)26-8-9-27(19(14-26)21(25)28)35(30,31)17-6-7-20(18(23)12-17)34-16-4-2-15(13-24)3-5-16/h2-7,12,19H,8-11,14H2,1H3,(H2,25,28)/t19-/m1/s1. The highest BCUT2D eigenvalue weighted by Gasteiger charge is 2.41. The molecule has 2 aromatic rings. The zero-order valence-electron chi connectivity index (χ0n) is 18.7. The summed E-state index contributed by atoms with van der Waals surface area (Å²) in [4.78, 5) is 25.0. The molecule has 2 aromatic carbocycles. The highest BCUT2D eigenvalue weighted by Crippen LogP contribution is 2.29. The summed E-state index contributed by atoms with van der Waals surface area (Å²) in [5.41, 5.74) is 5.81.